The third kappa shape index (κ3) is 4.26. The molecular weight excluding hydrogens is 364 g/mol. The van der Waals surface area contributed by atoms with Gasteiger partial charge in [-0.1, -0.05) is 116 Å². The molecule has 0 bridgehead atoms. The lowest BCUT2D eigenvalue weighted by atomic mass is 9.82. The van der Waals surface area contributed by atoms with Gasteiger partial charge < -0.3 is 4.79 Å². The van der Waals surface area contributed by atoms with Gasteiger partial charge in [0.05, 0.1) is 0 Å². The fourth-order valence-electron chi connectivity index (χ4n) is 4.21. The molecule has 4 aromatic rings. The van der Waals surface area contributed by atoms with Crippen molar-refractivity contribution in [2.45, 2.75) is 25.2 Å². The first kappa shape index (κ1) is 19.8. The van der Waals surface area contributed by atoms with Gasteiger partial charge in [-0.05, 0) is 39.8 Å². The van der Waals surface area contributed by atoms with E-state index in [1.54, 1.807) is 0 Å². The van der Waals surface area contributed by atoms with Gasteiger partial charge in [-0.3, -0.25) is 0 Å². The summed E-state index contributed by atoms with van der Waals surface area (Å²) in [5.41, 5.74) is 7.17. The van der Waals surface area contributed by atoms with Crippen molar-refractivity contribution < 1.29 is 4.79 Å². The van der Waals surface area contributed by atoms with Crippen molar-refractivity contribution in [1.29, 1.82) is 0 Å². The van der Waals surface area contributed by atoms with Gasteiger partial charge in [0.15, 0.2) is 0 Å². The molecule has 0 aliphatic rings. The van der Waals surface area contributed by atoms with E-state index in [9.17, 15) is 4.79 Å². The van der Waals surface area contributed by atoms with Crippen molar-refractivity contribution >= 4 is 6.29 Å². The summed E-state index contributed by atoms with van der Waals surface area (Å²) in [5.74, 6) is 0.0861. The minimum atomic E-state index is -0.177. The van der Waals surface area contributed by atoms with Crippen LogP contribution in [0.5, 0.6) is 0 Å². The van der Waals surface area contributed by atoms with Crippen LogP contribution in [0.3, 0.4) is 0 Å². The van der Waals surface area contributed by atoms with E-state index in [-0.39, 0.29) is 11.8 Å². The summed E-state index contributed by atoms with van der Waals surface area (Å²) in [4.78, 5) is 12.1. The van der Waals surface area contributed by atoms with E-state index in [2.05, 4.69) is 91.9 Å². The normalized spacial score (nSPS) is 12.8. The number of hydrogen-bond donors (Lipinski definition) is 0. The third-order valence-electron chi connectivity index (χ3n) is 5.84. The lowest BCUT2D eigenvalue weighted by molar-refractivity contribution is -0.109. The van der Waals surface area contributed by atoms with Crippen LogP contribution in [-0.4, -0.2) is 6.29 Å². The van der Waals surface area contributed by atoms with Crippen LogP contribution < -0.4 is 0 Å². The fourth-order valence-corrected chi connectivity index (χ4v) is 4.21. The Morgan fingerprint density at radius 3 is 1.77 bits per heavy atom. The number of hydrogen-bond acceptors (Lipinski definition) is 1. The lowest BCUT2D eigenvalue weighted by Gasteiger charge is -2.21. The Morgan fingerprint density at radius 2 is 1.13 bits per heavy atom. The average Bonchev–Trinajstić information content (AvgIpc) is 2.83. The van der Waals surface area contributed by atoms with Crippen molar-refractivity contribution in [3.63, 3.8) is 0 Å². The molecule has 2 atom stereocenters. The Kier molecular flexibility index (Phi) is 6.20. The SMILES string of the molecule is CC(c1ccccc1)c1ccccc1-c1ccccc1[C@H](C=O)Cc1ccccc1. The molecule has 0 aliphatic heterocycles. The maximum absolute atomic E-state index is 12.1. The molecule has 0 saturated heterocycles. The molecule has 0 amide bonds. The van der Waals surface area contributed by atoms with Crippen LogP contribution in [-0.2, 0) is 11.2 Å². The summed E-state index contributed by atoms with van der Waals surface area (Å²) in [6.45, 7) is 2.25. The standard InChI is InChI=1S/C29H26O/c1-22(24-14-6-3-7-15-24)26-16-8-10-18-28(26)29-19-11-9-17-27(29)25(21-30)20-23-12-4-2-5-13-23/h2-19,21-22,25H,20H2,1H3/t22?,25-/m0/s1. The van der Waals surface area contributed by atoms with Crippen LogP contribution in [0, 0.1) is 0 Å². The summed E-state index contributed by atoms with van der Waals surface area (Å²) in [5, 5.41) is 0. The minimum Gasteiger partial charge on any atom is -0.303 e. The van der Waals surface area contributed by atoms with Crippen molar-refractivity contribution in [2.24, 2.45) is 0 Å². The van der Waals surface area contributed by atoms with Gasteiger partial charge in [-0.15, -0.1) is 0 Å². The molecule has 0 heterocycles. The molecule has 30 heavy (non-hydrogen) atoms. The fraction of sp³-hybridized carbons (Fsp3) is 0.138. The Balaban J connectivity index is 1.77. The molecular formula is C29H26O. The Bertz CT molecular complexity index is 1100. The van der Waals surface area contributed by atoms with E-state index in [4.69, 9.17) is 0 Å². The highest BCUT2D eigenvalue weighted by Crippen LogP contribution is 2.37. The molecule has 0 spiro atoms. The second kappa shape index (κ2) is 9.37. The van der Waals surface area contributed by atoms with Crippen LogP contribution in [0.4, 0.5) is 0 Å². The largest absolute Gasteiger partial charge is 0.303 e. The molecule has 0 N–H and O–H groups in total. The Hall–Kier alpha value is -3.45. The molecule has 1 nitrogen and oxygen atoms in total. The zero-order valence-electron chi connectivity index (χ0n) is 17.2. The third-order valence-corrected chi connectivity index (χ3v) is 5.84. The summed E-state index contributed by atoms with van der Waals surface area (Å²) in [6, 6.07) is 37.7. The number of benzene rings is 4. The van der Waals surface area contributed by atoms with Crippen molar-refractivity contribution in [2.75, 3.05) is 0 Å². The van der Waals surface area contributed by atoms with E-state index < -0.39 is 0 Å². The number of rotatable bonds is 7. The highest BCUT2D eigenvalue weighted by Gasteiger charge is 2.20. The van der Waals surface area contributed by atoms with E-state index in [0.29, 0.717) is 6.42 Å². The summed E-state index contributed by atoms with van der Waals surface area (Å²) < 4.78 is 0. The molecule has 148 valence electrons. The van der Waals surface area contributed by atoms with Gasteiger partial charge >= 0.3 is 0 Å². The molecule has 4 aromatic carbocycles. The number of aldehydes is 1. The van der Waals surface area contributed by atoms with Crippen molar-refractivity contribution in [3.8, 4) is 11.1 Å². The molecule has 0 radical (unpaired) electrons. The molecule has 1 heteroatoms. The summed E-state index contributed by atoms with van der Waals surface area (Å²) in [6.07, 6.45) is 1.80. The Labute approximate surface area is 179 Å². The predicted octanol–water partition coefficient (Wildman–Crippen LogP) is 7.03. The van der Waals surface area contributed by atoms with Gasteiger partial charge in [0.1, 0.15) is 6.29 Å². The number of carbonyl (C=O) groups excluding carboxylic acids is 1. The maximum Gasteiger partial charge on any atom is 0.127 e. The van der Waals surface area contributed by atoms with Gasteiger partial charge in [-0.25, -0.2) is 0 Å². The van der Waals surface area contributed by atoms with E-state index in [1.165, 1.54) is 22.3 Å². The molecule has 0 aromatic heterocycles. The highest BCUT2D eigenvalue weighted by atomic mass is 16.1. The van der Waals surface area contributed by atoms with Crippen LogP contribution in [0.1, 0.15) is 41.0 Å². The van der Waals surface area contributed by atoms with E-state index >= 15 is 0 Å². The van der Waals surface area contributed by atoms with E-state index in [0.717, 1.165) is 17.4 Å². The zero-order valence-corrected chi connectivity index (χ0v) is 17.2. The van der Waals surface area contributed by atoms with Gasteiger partial charge in [-0.2, -0.15) is 0 Å². The zero-order chi connectivity index (χ0) is 20.8. The van der Waals surface area contributed by atoms with Gasteiger partial charge in [0.25, 0.3) is 0 Å². The van der Waals surface area contributed by atoms with Gasteiger partial charge in [0, 0.05) is 11.8 Å². The topological polar surface area (TPSA) is 17.1 Å². The van der Waals surface area contributed by atoms with Crippen LogP contribution in [0.25, 0.3) is 11.1 Å². The second-order valence-electron chi connectivity index (χ2n) is 7.74. The molecule has 0 aliphatic carbocycles. The molecule has 0 saturated carbocycles. The van der Waals surface area contributed by atoms with Crippen LogP contribution >= 0.6 is 0 Å². The van der Waals surface area contributed by atoms with Crippen LogP contribution in [0.15, 0.2) is 109 Å². The first-order valence-electron chi connectivity index (χ1n) is 10.5. The lowest BCUT2D eigenvalue weighted by Crippen LogP contribution is -2.07. The van der Waals surface area contributed by atoms with Crippen molar-refractivity contribution in [3.05, 3.63) is 131 Å². The smallest absolute Gasteiger partial charge is 0.127 e. The predicted molar refractivity (Wildman–Crippen MR) is 125 cm³/mol. The van der Waals surface area contributed by atoms with Crippen molar-refractivity contribution in [1.82, 2.24) is 0 Å². The number of carbonyl (C=O) groups is 1. The minimum absolute atomic E-state index is 0.177. The monoisotopic (exact) mass is 390 g/mol. The first-order chi connectivity index (χ1) is 14.8. The quantitative estimate of drug-likeness (QED) is 0.310. The molecule has 1 unspecified atom stereocenters. The summed E-state index contributed by atoms with van der Waals surface area (Å²) >= 11 is 0. The molecule has 0 fully saturated rings. The maximum atomic E-state index is 12.1. The van der Waals surface area contributed by atoms with Crippen LogP contribution in [0.2, 0.25) is 0 Å². The summed E-state index contributed by atoms with van der Waals surface area (Å²) in [7, 11) is 0. The second-order valence-corrected chi connectivity index (χ2v) is 7.74. The highest BCUT2D eigenvalue weighted by molar-refractivity contribution is 5.77. The molecule has 4 rings (SSSR count). The average molecular weight is 391 g/mol. The van der Waals surface area contributed by atoms with E-state index in [1.807, 2.05) is 24.3 Å². The first-order valence-corrected chi connectivity index (χ1v) is 10.5. The Morgan fingerprint density at radius 1 is 0.633 bits per heavy atom. The van der Waals surface area contributed by atoms with Gasteiger partial charge in [0.2, 0.25) is 0 Å².